The number of nitrogens with zero attached hydrogens (tertiary/aromatic N) is 1. The van der Waals surface area contributed by atoms with Crippen molar-refractivity contribution in [1.29, 1.82) is 0 Å². The van der Waals surface area contributed by atoms with Crippen molar-refractivity contribution in [2.75, 3.05) is 6.61 Å². The normalized spacial score (nSPS) is 11.6. The quantitative estimate of drug-likeness (QED) is 0.906. The number of rotatable bonds is 3. The number of benzene rings is 1. The lowest BCUT2D eigenvalue weighted by Gasteiger charge is -2.23. The van der Waals surface area contributed by atoms with Gasteiger partial charge in [-0.2, -0.15) is 0 Å². The Morgan fingerprint density at radius 1 is 1.47 bits per heavy atom. The fourth-order valence-corrected chi connectivity index (χ4v) is 1.90. The van der Waals surface area contributed by atoms with Gasteiger partial charge in [0.25, 0.3) is 5.91 Å². The molecule has 0 saturated carbocycles. The van der Waals surface area contributed by atoms with Gasteiger partial charge in [-0.05, 0) is 26.0 Å². The van der Waals surface area contributed by atoms with Crippen molar-refractivity contribution in [1.82, 2.24) is 10.3 Å². The zero-order valence-electron chi connectivity index (χ0n) is 10.8. The topological polar surface area (TPSA) is 62.2 Å². The average molecular weight is 279 g/mol. The molecule has 0 aliphatic rings. The summed E-state index contributed by atoms with van der Waals surface area (Å²) in [6.45, 7) is 3.36. The van der Waals surface area contributed by atoms with Gasteiger partial charge in [0.2, 0.25) is 0 Å². The van der Waals surface area contributed by atoms with E-state index < -0.39 is 5.54 Å². The van der Waals surface area contributed by atoms with E-state index in [0.717, 1.165) is 5.39 Å². The second-order valence-electron chi connectivity index (χ2n) is 5.03. The molecule has 0 unspecified atom stereocenters. The molecule has 5 heteroatoms. The van der Waals surface area contributed by atoms with Gasteiger partial charge < -0.3 is 10.4 Å². The van der Waals surface area contributed by atoms with E-state index in [1.807, 2.05) is 12.1 Å². The van der Waals surface area contributed by atoms with Crippen molar-refractivity contribution < 1.29 is 9.90 Å². The van der Waals surface area contributed by atoms with Crippen molar-refractivity contribution in [3.05, 3.63) is 41.0 Å². The zero-order valence-corrected chi connectivity index (χ0v) is 11.5. The monoisotopic (exact) mass is 278 g/mol. The fourth-order valence-electron chi connectivity index (χ4n) is 1.67. The number of carbonyl (C=O) groups is 1. The maximum atomic E-state index is 12.1. The van der Waals surface area contributed by atoms with E-state index >= 15 is 0 Å². The molecule has 0 aliphatic heterocycles. The summed E-state index contributed by atoms with van der Waals surface area (Å²) in [7, 11) is 0. The minimum absolute atomic E-state index is 0.133. The summed E-state index contributed by atoms with van der Waals surface area (Å²) in [6, 6.07) is 7.15. The minimum atomic E-state index is -0.666. The van der Waals surface area contributed by atoms with Gasteiger partial charge in [0.05, 0.1) is 28.2 Å². The summed E-state index contributed by atoms with van der Waals surface area (Å²) < 4.78 is 0. The number of halogens is 1. The molecule has 0 bridgehead atoms. The van der Waals surface area contributed by atoms with Crippen molar-refractivity contribution in [3.63, 3.8) is 0 Å². The third kappa shape index (κ3) is 3.03. The summed E-state index contributed by atoms with van der Waals surface area (Å²) in [6.07, 6.45) is 1.48. The predicted octanol–water partition coefficient (Wildman–Crippen LogP) is 2.39. The summed E-state index contributed by atoms with van der Waals surface area (Å²) in [5, 5.41) is 13.3. The summed E-state index contributed by atoms with van der Waals surface area (Å²) in [5.74, 6) is -0.270. The maximum Gasteiger partial charge on any atom is 0.253 e. The molecule has 4 nitrogen and oxygen atoms in total. The number of para-hydroxylation sites is 1. The van der Waals surface area contributed by atoms with E-state index in [0.29, 0.717) is 16.1 Å². The number of hydrogen-bond acceptors (Lipinski definition) is 3. The number of nitrogens with one attached hydrogen (secondary N) is 1. The van der Waals surface area contributed by atoms with Crippen molar-refractivity contribution >= 4 is 28.4 Å². The number of hydrogen-bond donors (Lipinski definition) is 2. The molecule has 2 N–H and O–H groups in total. The van der Waals surface area contributed by atoms with Gasteiger partial charge in [0, 0.05) is 11.6 Å². The van der Waals surface area contributed by atoms with Gasteiger partial charge in [-0.15, -0.1) is 0 Å². The Hall–Kier alpha value is -1.65. The van der Waals surface area contributed by atoms with Gasteiger partial charge in [-0.3, -0.25) is 9.78 Å². The Morgan fingerprint density at radius 3 is 2.89 bits per heavy atom. The molecule has 0 radical (unpaired) electrons. The molecular formula is C14H15ClN2O2. The van der Waals surface area contributed by atoms with Crippen LogP contribution in [-0.4, -0.2) is 28.1 Å². The first-order valence-corrected chi connectivity index (χ1v) is 6.28. The van der Waals surface area contributed by atoms with E-state index in [1.54, 1.807) is 26.0 Å². The fraction of sp³-hybridized carbons (Fsp3) is 0.286. The van der Waals surface area contributed by atoms with Crippen LogP contribution in [0.1, 0.15) is 24.2 Å². The van der Waals surface area contributed by atoms with Gasteiger partial charge in [-0.25, -0.2) is 0 Å². The molecule has 0 saturated heterocycles. The highest BCUT2D eigenvalue weighted by atomic mass is 35.5. The largest absolute Gasteiger partial charge is 0.394 e. The Bertz CT molecular complexity index is 626. The second-order valence-corrected chi connectivity index (χ2v) is 5.44. The lowest BCUT2D eigenvalue weighted by atomic mass is 10.1. The summed E-state index contributed by atoms with van der Waals surface area (Å²) >= 11 is 6.02. The Labute approximate surface area is 116 Å². The SMILES string of the molecule is CC(C)(CO)NC(=O)c1cnc2c(Cl)cccc2c1. The van der Waals surface area contributed by atoms with Gasteiger partial charge >= 0.3 is 0 Å². The van der Waals surface area contributed by atoms with Crippen LogP contribution >= 0.6 is 11.6 Å². The highest BCUT2D eigenvalue weighted by Crippen LogP contribution is 2.21. The summed E-state index contributed by atoms with van der Waals surface area (Å²) in [5.41, 5.74) is 0.443. The standard InChI is InChI=1S/C14H15ClN2O2/c1-14(2,8-18)17-13(19)10-6-9-4-3-5-11(15)12(9)16-7-10/h3-7,18H,8H2,1-2H3,(H,17,19). The molecule has 0 aliphatic carbocycles. The first-order valence-electron chi connectivity index (χ1n) is 5.90. The number of pyridine rings is 1. The molecule has 19 heavy (non-hydrogen) atoms. The Balaban J connectivity index is 2.34. The number of aliphatic hydroxyl groups is 1. The Morgan fingerprint density at radius 2 is 2.21 bits per heavy atom. The van der Waals surface area contributed by atoms with Crippen LogP contribution in [0.25, 0.3) is 10.9 Å². The lowest BCUT2D eigenvalue weighted by molar-refractivity contribution is 0.0869. The van der Waals surface area contributed by atoms with E-state index in [-0.39, 0.29) is 12.5 Å². The van der Waals surface area contributed by atoms with Crippen LogP contribution < -0.4 is 5.32 Å². The molecule has 1 amide bonds. The predicted molar refractivity (Wildman–Crippen MR) is 75.4 cm³/mol. The van der Waals surface area contributed by atoms with Gasteiger partial charge in [0.1, 0.15) is 0 Å². The van der Waals surface area contributed by atoms with Crippen molar-refractivity contribution in [3.8, 4) is 0 Å². The molecule has 0 fully saturated rings. The molecule has 2 aromatic rings. The van der Waals surface area contributed by atoms with Gasteiger partial charge in [-0.1, -0.05) is 23.7 Å². The van der Waals surface area contributed by atoms with Crippen molar-refractivity contribution in [2.45, 2.75) is 19.4 Å². The second kappa shape index (κ2) is 5.15. The van der Waals surface area contributed by atoms with Crippen LogP contribution in [-0.2, 0) is 0 Å². The lowest BCUT2D eigenvalue weighted by Crippen LogP contribution is -2.46. The summed E-state index contributed by atoms with van der Waals surface area (Å²) in [4.78, 5) is 16.3. The third-order valence-electron chi connectivity index (χ3n) is 2.77. The smallest absolute Gasteiger partial charge is 0.253 e. The molecule has 0 spiro atoms. The number of aromatic nitrogens is 1. The average Bonchev–Trinajstić information content (AvgIpc) is 2.38. The highest BCUT2D eigenvalue weighted by molar-refractivity contribution is 6.35. The van der Waals surface area contributed by atoms with E-state index in [9.17, 15) is 4.79 Å². The minimum Gasteiger partial charge on any atom is -0.394 e. The zero-order chi connectivity index (χ0) is 14.0. The van der Waals surface area contributed by atoms with Crippen LogP contribution in [0.4, 0.5) is 0 Å². The van der Waals surface area contributed by atoms with Gasteiger partial charge in [0.15, 0.2) is 0 Å². The first kappa shape index (κ1) is 13.8. The number of amides is 1. The Kier molecular flexibility index (Phi) is 3.73. The van der Waals surface area contributed by atoms with Crippen LogP contribution in [0.2, 0.25) is 5.02 Å². The van der Waals surface area contributed by atoms with E-state index in [4.69, 9.17) is 16.7 Å². The van der Waals surface area contributed by atoms with E-state index in [2.05, 4.69) is 10.3 Å². The van der Waals surface area contributed by atoms with Crippen LogP contribution in [0.15, 0.2) is 30.5 Å². The maximum absolute atomic E-state index is 12.1. The molecule has 0 atom stereocenters. The van der Waals surface area contributed by atoms with Crippen LogP contribution in [0.5, 0.6) is 0 Å². The molecular weight excluding hydrogens is 264 g/mol. The number of fused-ring (bicyclic) bond motifs is 1. The first-order chi connectivity index (χ1) is 8.93. The molecule has 1 aromatic heterocycles. The number of carbonyl (C=O) groups excluding carboxylic acids is 1. The van der Waals surface area contributed by atoms with Crippen molar-refractivity contribution in [2.24, 2.45) is 0 Å². The molecule has 2 rings (SSSR count). The van der Waals surface area contributed by atoms with E-state index in [1.165, 1.54) is 6.20 Å². The molecule has 1 heterocycles. The molecule has 1 aromatic carbocycles. The third-order valence-corrected chi connectivity index (χ3v) is 3.08. The number of aliphatic hydroxyl groups excluding tert-OH is 1. The highest BCUT2D eigenvalue weighted by Gasteiger charge is 2.20. The molecule has 100 valence electrons. The van der Waals surface area contributed by atoms with Crippen LogP contribution in [0.3, 0.4) is 0 Å². The van der Waals surface area contributed by atoms with Crippen LogP contribution in [0, 0.1) is 0 Å².